The lowest BCUT2D eigenvalue weighted by atomic mass is 10.0. The number of ketones is 1. The molecule has 0 aliphatic rings. The molecule has 0 bridgehead atoms. The van der Waals surface area contributed by atoms with Crippen molar-refractivity contribution < 1.29 is 19.4 Å². The number of nitrogens with zero attached hydrogens (tertiary/aromatic N) is 2. The van der Waals surface area contributed by atoms with Gasteiger partial charge in [0.2, 0.25) is 0 Å². The lowest BCUT2D eigenvalue weighted by Crippen LogP contribution is -2.07. The summed E-state index contributed by atoms with van der Waals surface area (Å²) >= 11 is 0. The second-order valence-corrected chi connectivity index (χ2v) is 7.13. The average molecular weight is 427 g/mol. The molecule has 0 spiro atoms. The number of carbonyl (C=O) groups is 2. The highest BCUT2D eigenvalue weighted by atomic mass is 16.5. The fourth-order valence-electron chi connectivity index (χ4n) is 3.39. The summed E-state index contributed by atoms with van der Waals surface area (Å²) in [5.41, 5.74) is 3.50. The van der Waals surface area contributed by atoms with Gasteiger partial charge in [-0.3, -0.25) is 4.79 Å². The second kappa shape index (κ2) is 8.77. The molecule has 2 N–H and O–H groups in total. The number of ether oxygens (including phenoxy) is 1. The summed E-state index contributed by atoms with van der Waals surface area (Å²) in [6, 6.07) is 21.6. The highest BCUT2D eigenvalue weighted by Crippen LogP contribution is 2.34. The van der Waals surface area contributed by atoms with Crippen LogP contribution in [0.3, 0.4) is 0 Å². The Hall–Kier alpha value is -4.39. The fourth-order valence-corrected chi connectivity index (χ4v) is 3.39. The van der Waals surface area contributed by atoms with E-state index in [-0.39, 0.29) is 11.3 Å². The molecule has 4 aromatic rings. The Kier molecular flexibility index (Phi) is 5.72. The first-order chi connectivity index (χ1) is 15.5. The molecule has 0 atom stereocenters. The molecule has 3 aromatic carbocycles. The third-order valence-electron chi connectivity index (χ3n) is 5.08. The number of methoxy groups -OCH3 is 1. The summed E-state index contributed by atoms with van der Waals surface area (Å²) in [5.74, 6) is -0.0484. The van der Waals surface area contributed by atoms with Gasteiger partial charge in [-0.25, -0.2) is 9.48 Å². The van der Waals surface area contributed by atoms with Crippen LogP contribution in [0.1, 0.15) is 27.6 Å². The van der Waals surface area contributed by atoms with Crippen LogP contribution < -0.4 is 10.1 Å². The van der Waals surface area contributed by atoms with Gasteiger partial charge in [-0.05, 0) is 42.8 Å². The number of carbonyl (C=O) groups excluding carboxylic acids is 1. The first-order valence-corrected chi connectivity index (χ1v) is 9.91. The van der Waals surface area contributed by atoms with Crippen LogP contribution in [-0.2, 0) is 0 Å². The molecule has 0 radical (unpaired) electrons. The van der Waals surface area contributed by atoms with Crippen molar-refractivity contribution in [3.05, 3.63) is 90.1 Å². The summed E-state index contributed by atoms with van der Waals surface area (Å²) in [6.45, 7) is 1.52. The molecule has 0 unspecified atom stereocenters. The Bertz CT molecular complexity index is 1280. The smallest absolute Gasteiger partial charge is 0.337 e. The van der Waals surface area contributed by atoms with Gasteiger partial charge >= 0.3 is 5.97 Å². The van der Waals surface area contributed by atoms with Crippen molar-refractivity contribution in [3.8, 4) is 22.6 Å². The van der Waals surface area contributed by atoms with E-state index in [1.165, 1.54) is 20.1 Å². The minimum Gasteiger partial charge on any atom is -0.497 e. The number of hydrogen-bond donors (Lipinski definition) is 2. The van der Waals surface area contributed by atoms with Crippen molar-refractivity contribution in [3.63, 3.8) is 0 Å². The van der Waals surface area contributed by atoms with E-state index in [2.05, 4.69) is 10.4 Å². The van der Waals surface area contributed by atoms with E-state index < -0.39 is 5.97 Å². The maximum atomic E-state index is 11.9. The zero-order valence-corrected chi connectivity index (χ0v) is 17.6. The van der Waals surface area contributed by atoms with Gasteiger partial charge < -0.3 is 15.2 Å². The Morgan fingerprint density at radius 1 is 1.00 bits per heavy atom. The van der Waals surface area contributed by atoms with Crippen LogP contribution in [0.5, 0.6) is 5.75 Å². The molecule has 7 heteroatoms. The molecule has 4 rings (SSSR count). The molecule has 0 amide bonds. The number of hydrogen-bond acceptors (Lipinski definition) is 5. The molecule has 7 nitrogen and oxygen atoms in total. The van der Waals surface area contributed by atoms with Gasteiger partial charge in [-0.1, -0.05) is 42.5 Å². The Labute approximate surface area is 184 Å². The van der Waals surface area contributed by atoms with E-state index >= 15 is 0 Å². The molecule has 0 fully saturated rings. The summed E-state index contributed by atoms with van der Waals surface area (Å²) in [4.78, 5) is 23.5. The fraction of sp³-hybridized carbons (Fsp3) is 0.0800. The first kappa shape index (κ1) is 20.9. The van der Waals surface area contributed by atoms with E-state index in [1.54, 1.807) is 35.1 Å². The zero-order valence-electron chi connectivity index (χ0n) is 17.6. The first-order valence-electron chi connectivity index (χ1n) is 9.91. The summed E-state index contributed by atoms with van der Waals surface area (Å²) in [5, 5.41) is 17.5. The zero-order chi connectivity index (χ0) is 22.7. The van der Waals surface area contributed by atoms with E-state index in [1.807, 2.05) is 42.5 Å². The summed E-state index contributed by atoms with van der Waals surface area (Å²) < 4.78 is 6.89. The predicted molar refractivity (Wildman–Crippen MR) is 122 cm³/mol. The molecule has 160 valence electrons. The number of aromatic carboxylic acids is 1. The Balaban J connectivity index is 1.85. The predicted octanol–water partition coefficient (Wildman–Crippen LogP) is 5.19. The lowest BCUT2D eigenvalue weighted by molar-refractivity contribution is 0.0697. The molecule has 0 aliphatic heterocycles. The summed E-state index contributed by atoms with van der Waals surface area (Å²) in [7, 11) is 1.49. The van der Waals surface area contributed by atoms with Crippen LogP contribution in [0, 0.1) is 0 Å². The van der Waals surface area contributed by atoms with E-state index in [0.29, 0.717) is 22.8 Å². The van der Waals surface area contributed by atoms with Crippen molar-refractivity contribution >= 4 is 23.3 Å². The van der Waals surface area contributed by atoms with Crippen molar-refractivity contribution in [2.45, 2.75) is 6.92 Å². The third-order valence-corrected chi connectivity index (χ3v) is 5.08. The number of benzene rings is 3. The van der Waals surface area contributed by atoms with Crippen molar-refractivity contribution in [1.29, 1.82) is 0 Å². The Morgan fingerprint density at radius 2 is 1.72 bits per heavy atom. The van der Waals surface area contributed by atoms with E-state index in [4.69, 9.17) is 4.74 Å². The Morgan fingerprint density at radius 3 is 2.34 bits per heavy atom. The van der Waals surface area contributed by atoms with Gasteiger partial charge in [0.1, 0.15) is 11.6 Å². The number of Topliss-reactive ketones (excluding diaryl/α,β-unsaturated/α-hetero) is 1. The molecule has 1 heterocycles. The highest BCUT2D eigenvalue weighted by molar-refractivity contribution is 5.97. The monoisotopic (exact) mass is 427 g/mol. The second-order valence-electron chi connectivity index (χ2n) is 7.13. The van der Waals surface area contributed by atoms with Crippen molar-refractivity contribution in [2.24, 2.45) is 0 Å². The van der Waals surface area contributed by atoms with Crippen LogP contribution >= 0.6 is 0 Å². The number of para-hydroxylation sites is 1. The van der Waals surface area contributed by atoms with Crippen LogP contribution in [-0.4, -0.2) is 33.7 Å². The van der Waals surface area contributed by atoms with Crippen LogP contribution in [0.4, 0.5) is 11.5 Å². The quantitative estimate of drug-likeness (QED) is 0.394. The highest BCUT2D eigenvalue weighted by Gasteiger charge is 2.18. The SMILES string of the molecule is COc1ccc(Nc2c(-c3ccc(C(C)=O)cc3)cnn2-c2ccccc2)c(C(=O)O)c1. The van der Waals surface area contributed by atoms with Crippen LogP contribution in [0.25, 0.3) is 16.8 Å². The molecular weight excluding hydrogens is 406 g/mol. The molecule has 0 aliphatic carbocycles. The van der Waals surface area contributed by atoms with Gasteiger partial charge in [0.15, 0.2) is 5.78 Å². The van der Waals surface area contributed by atoms with Gasteiger partial charge in [-0.2, -0.15) is 5.10 Å². The van der Waals surface area contributed by atoms with Crippen LogP contribution in [0.2, 0.25) is 0 Å². The maximum Gasteiger partial charge on any atom is 0.337 e. The summed E-state index contributed by atoms with van der Waals surface area (Å²) in [6.07, 6.45) is 1.71. The normalized spacial score (nSPS) is 10.6. The standard InChI is InChI=1S/C25H21N3O4/c1-16(29)17-8-10-18(11-9-17)22-15-26-28(19-6-4-3-5-7-19)24(22)27-23-13-12-20(32-2)14-21(23)25(30)31/h3-15,27H,1-2H3,(H,30,31). The minimum atomic E-state index is -1.08. The van der Waals surface area contributed by atoms with Crippen LogP contribution in [0.15, 0.2) is 79.0 Å². The largest absolute Gasteiger partial charge is 0.497 e. The van der Waals surface area contributed by atoms with Gasteiger partial charge in [0, 0.05) is 11.1 Å². The number of carboxylic acid groups (broad SMARTS) is 1. The lowest BCUT2D eigenvalue weighted by Gasteiger charge is -2.15. The maximum absolute atomic E-state index is 11.9. The van der Waals surface area contributed by atoms with Gasteiger partial charge in [0.05, 0.1) is 30.2 Å². The number of aromatic nitrogens is 2. The molecule has 0 saturated heterocycles. The van der Waals surface area contributed by atoms with E-state index in [0.717, 1.165) is 16.8 Å². The molecular formula is C25H21N3O4. The minimum absolute atomic E-state index is 0.0146. The molecule has 0 saturated carbocycles. The number of nitrogens with one attached hydrogen (secondary N) is 1. The van der Waals surface area contributed by atoms with Crippen molar-refractivity contribution in [1.82, 2.24) is 9.78 Å². The molecule has 1 aromatic heterocycles. The van der Waals surface area contributed by atoms with Gasteiger partial charge in [-0.15, -0.1) is 0 Å². The molecule has 32 heavy (non-hydrogen) atoms. The van der Waals surface area contributed by atoms with Crippen molar-refractivity contribution in [2.75, 3.05) is 12.4 Å². The van der Waals surface area contributed by atoms with E-state index in [9.17, 15) is 14.7 Å². The third kappa shape index (κ3) is 4.09. The number of anilines is 2. The topological polar surface area (TPSA) is 93.5 Å². The number of carboxylic acids is 1. The number of rotatable bonds is 7. The average Bonchev–Trinajstić information content (AvgIpc) is 3.23. The van der Waals surface area contributed by atoms with Gasteiger partial charge in [0.25, 0.3) is 0 Å².